The number of ether oxygens (including phenoxy) is 1. The van der Waals surface area contributed by atoms with Gasteiger partial charge >= 0.3 is 0 Å². The third-order valence-electron chi connectivity index (χ3n) is 3.03. The molecule has 0 radical (unpaired) electrons. The third-order valence-corrected chi connectivity index (χ3v) is 3.85. The lowest BCUT2D eigenvalue weighted by Crippen LogP contribution is -2.20. The molecule has 0 saturated carbocycles. The van der Waals surface area contributed by atoms with Gasteiger partial charge in [0.25, 0.3) is 5.91 Å². The van der Waals surface area contributed by atoms with Gasteiger partial charge in [-0.25, -0.2) is 0 Å². The topological polar surface area (TPSA) is 89.3 Å². The highest BCUT2D eigenvalue weighted by Crippen LogP contribution is 2.27. The first-order valence-electron chi connectivity index (χ1n) is 6.01. The van der Waals surface area contributed by atoms with Crippen LogP contribution in [0, 0.1) is 5.92 Å². The maximum absolute atomic E-state index is 11.7. The quantitative estimate of drug-likeness (QED) is 0.740. The molecule has 1 saturated heterocycles. The number of nitrogen functional groups attached to an aromatic ring is 1. The molecule has 7 heteroatoms. The molecular formula is C11H18N4O2S. The van der Waals surface area contributed by atoms with E-state index in [1.807, 2.05) is 0 Å². The number of rotatable bonds is 5. The summed E-state index contributed by atoms with van der Waals surface area (Å²) in [5, 5.41) is 6.55. The zero-order chi connectivity index (χ0) is 13.0. The fraction of sp³-hybridized carbons (Fsp3) is 0.636. The molecule has 4 N–H and O–H groups in total. The van der Waals surface area contributed by atoms with E-state index < -0.39 is 0 Å². The first-order valence-corrected chi connectivity index (χ1v) is 6.78. The molecule has 1 aliphatic rings. The molecule has 1 unspecified atom stereocenters. The largest absolute Gasteiger partial charge is 0.382 e. The van der Waals surface area contributed by atoms with Gasteiger partial charge < -0.3 is 21.1 Å². The molecule has 18 heavy (non-hydrogen) atoms. The number of carbonyl (C=O) groups is 1. The summed E-state index contributed by atoms with van der Waals surface area (Å²) in [6.45, 7) is 2.51. The normalized spacial score (nSPS) is 18.8. The smallest absolute Gasteiger partial charge is 0.257 e. The molecule has 1 aliphatic heterocycles. The minimum atomic E-state index is -0.201. The van der Waals surface area contributed by atoms with Crippen molar-refractivity contribution in [2.75, 3.05) is 37.9 Å². The SMILES string of the molecule is CNC(=O)c1c(N)nsc1NCCC1CCOC1. The number of anilines is 2. The summed E-state index contributed by atoms with van der Waals surface area (Å²) in [5.74, 6) is 0.699. The Bertz CT molecular complexity index is 415. The molecule has 1 fully saturated rings. The fourth-order valence-electron chi connectivity index (χ4n) is 1.97. The van der Waals surface area contributed by atoms with Gasteiger partial charge in [-0.3, -0.25) is 4.79 Å². The van der Waals surface area contributed by atoms with Crippen LogP contribution < -0.4 is 16.4 Å². The summed E-state index contributed by atoms with van der Waals surface area (Å²) in [6, 6.07) is 0. The van der Waals surface area contributed by atoms with Crippen molar-refractivity contribution >= 4 is 28.3 Å². The van der Waals surface area contributed by atoms with Gasteiger partial charge in [0.1, 0.15) is 10.6 Å². The first kappa shape index (κ1) is 13.1. The van der Waals surface area contributed by atoms with Crippen molar-refractivity contribution in [1.82, 2.24) is 9.69 Å². The monoisotopic (exact) mass is 270 g/mol. The van der Waals surface area contributed by atoms with E-state index >= 15 is 0 Å². The van der Waals surface area contributed by atoms with Crippen molar-refractivity contribution in [3.63, 3.8) is 0 Å². The van der Waals surface area contributed by atoms with E-state index in [1.54, 1.807) is 7.05 Å². The number of hydrogen-bond acceptors (Lipinski definition) is 6. The lowest BCUT2D eigenvalue weighted by atomic mass is 10.1. The van der Waals surface area contributed by atoms with Gasteiger partial charge in [-0.15, -0.1) is 0 Å². The molecule has 1 atom stereocenters. The van der Waals surface area contributed by atoms with E-state index in [0.717, 1.165) is 37.6 Å². The summed E-state index contributed by atoms with van der Waals surface area (Å²) in [4.78, 5) is 11.7. The van der Waals surface area contributed by atoms with Crippen LogP contribution in [0.15, 0.2) is 0 Å². The van der Waals surface area contributed by atoms with Crippen LogP contribution in [-0.2, 0) is 4.74 Å². The van der Waals surface area contributed by atoms with Crippen LogP contribution in [0.3, 0.4) is 0 Å². The van der Waals surface area contributed by atoms with Gasteiger partial charge in [-0.1, -0.05) is 0 Å². The van der Waals surface area contributed by atoms with Gasteiger partial charge in [0.15, 0.2) is 5.82 Å². The first-order chi connectivity index (χ1) is 8.72. The number of nitrogens with two attached hydrogens (primary N) is 1. The van der Waals surface area contributed by atoms with Crippen LogP contribution in [0.25, 0.3) is 0 Å². The van der Waals surface area contributed by atoms with Gasteiger partial charge in [0, 0.05) is 26.8 Å². The lowest BCUT2D eigenvalue weighted by molar-refractivity contribution is 0.0965. The lowest BCUT2D eigenvalue weighted by Gasteiger charge is -2.09. The Labute approximate surface area is 110 Å². The number of carbonyl (C=O) groups excluding carboxylic acids is 1. The Morgan fingerprint density at radius 3 is 3.17 bits per heavy atom. The molecule has 0 spiro atoms. The van der Waals surface area contributed by atoms with Gasteiger partial charge in [-0.05, 0) is 30.3 Å². The molecule has 0 aliphatic carbocycles. The zero-order valence-corrected chi connectivity index (χ0v) is 11.2. The van der Waals surface area contributed by atoms with Crippen molar-refractivity contribution in [2.24, 2.45) is 5.92 Å². The predicted octanol–water partition coefficient (Wildman–Crippen LogP) is 0.923. The predicted molar refractivity (Wildman–Crippen MR) is 71.9 cm³/mol. The van der Waals surface area contributed by atoms with Crippen LogP contribution in [0.2, 0.25) is 0 Å². The highest BCUT2D eigenvalue weighted by molar-refractivity contribution is 7.11. The Balaban J connectivity index is 1.90. The summed E-state index contributed by atoms with van der Waals surface area (Å²) < 4.78 is 9.33. The van der Waals surface area contributed by atoms with Crippen molar-refractivity contribution in [1.29, 1.82) is 0 Å². The molecule has 100 valence electrons. The van der Waals surface area contributed by atoms with Crippen LogP contribution in [-0.4, -0.2) is 37.1 Å². The number of aromatic nitrogens is 1. The van der Waals surface area contributed by atoms with E-state index in [0.29, 0.717) is 11.5 Å². The summed E-state index contributed by atoms with van der Waals surface area (Å²) in [7, 11) is 1.58. The second-order valence-electron chi connectivity index (χ2n) is 4.30. The highest BCUT2D eigenvalue weighted by Gasteiger charge is 2.19. The Morgan fingerprint density at radius 2 is 2.50 bits per heavy atom. The van der Waals surface area contributed by atoms with Crippen LogP contribution in [0.4, 0.5) is 10.8 Å². The molecule has 1 aromatic heterocycles. The maximum atomic E-state index is 11.7. The summed E-state index contributed by atoms with van der Waals surface area (Å²) in [5.41, 5.74) is 6.14. The highest BCUT2D eigenvalue weighted by atomic mass is 32.1. The Hall–Kier alpha value is -1.34. The van der Waals surface area contributed by atoms with E-state index in [-0.39, 0.29) is 11.7 Å². The minimum Gasteiger partial charge on any atom is -0.382 e. The van der Waals surface area contributed by atoms with Gasteiger partial charge in [0.2, 0.25) is 0 Å². The Morgan fingerprint density at radius 1 is 1.67 bits per heavy atom. The van der Waals surface area contributed by atoms with E-state index in [9.17, 15) is 4.79 Å². The number of amides is 1. The molecule has 1 amide bonds. The van der Waals surface area contributed by atoms with Gasteiger partial charge in [-0.2, -0.15) is 4.37 Å². The van der Waals surface area contributed by atoms with Crippen molar-refractivity contribution in [3.8, 4) is 0 Å². The van der Waals surface area contributed by atoms with Crippen molar-refractivity contribution in [3.05, 3.63) is 5.56 Å². The van der Waals surface area contributed by atoms with E-state index in [2.05, 4.69) is 15.0 Å². The molecule has 6 nitrogen and oxygen atoms in total. The number of nitrogens with zero attached hydrogens (tertiary/aromatic N) is 1. The minimum absolute atomic E-state index is 0.201. The van der Waals surface area contributed by atoms with E-state index in [4.69, 9.17) is 10.5 Å². The van der Waals surface area contributed by atoms with Crippen LogP contribution in [0.5, 0.6) is 0 Å². The summed E-state index contributed by atoms with van der Waals surface area (Å²) >= 11 is 1.22. The standard InChI is InChI=1S/C11H18N4O2S/c1-13-10(16)8-9(12)15-18-11(8)14-4-2-7-3-5-17-6-7/h7,14H,2-6H2,1H3,(H2,12,15)(H,13,16). The number of nitrogens with one attached hydrogen (secondary N) is 2. The zero-order valence-electron chi connectivity index (χ0n) is 10.4. The average molecular weight is 270 g/mol. The Kier molecular flexibility index (Phi) is 4.38. The molecule has 0 bridgehead atoms. The van der Waals surface area contributed by atoms with Crippen molar-refractivity contribution in [2.45, 2.75) is 12.8 Å². The average Bonchev–Trinajstić information content (AvgIpc) is 2.99. The molecule has 0 aromatic carbocycles. The van der Waals surface area contributed by atoms with E-state index in [1.165, 1.54) is 11.5 Å². The summed E-state index contributed by atoms with van der Waals surface area (Å²) in [6.07, 6.45) is 2.15. The van der Waals surface area contributed by atoms with Crippen LogP contribution >= 0.6 is 11.5 Å². The van der Waals surface area contributed by atoms with Crippen LogP contribution in [0.1, 0.15) is 23.2 Å². The number of hydrogen-bond donors (Lipinski definition) is 3. The maximum Gasteiger partial charge on any atom is 0.257 e. The second-order valence-corrected chi connectivity index (χ2v) is 5.07. The second kappa shape index (κ2) is 6.01. The third kappa shape index (κ3) is 2.91. The molecular weight excluding hydrogens is 252 g/mol. The fourth-order valence-corrected chi connectivity index (χ4v) is 2.70. The molecule has 2 rings (SSSR count). The molecule has 1 aromatic rings. The van der Waals surface area contributed by atoms with Gasteiger partial charge in [0.05, 0.1) is 0 Å². The molecule has 2 heterocycles. The van der Waals surface area contributed by atoms with Crippen molar-refractivity contribution < 1.29 is 9.53 Å².